The van der Waals surface area contributed by atoms with E-state index in [9.17, 15) is 55.1 Å². The van der Waals surface area contributed by atoms with E-state index in [2.05, 4.69) is 21.3 Å². The number of fused-ring (bicyclic) bond motifs is 2. The molecule has 20 heteroatoms. The zero-order chi connectivity index (χ0) is 50.1. The first kappa shape index (κ1) is 47.8. The van der Waals surface area contributed by atoms with Crippen LogP contribution in [-0.4, -0.2) is 65.0 Å². The maximum absolute atomic E-state index is 13.7. The van der Waals surface area contributed by atoms with Gasteiger partial charge in [0.2, 0.25) is 0 Å². The van der Waals surface area contributed by atoms with Crippen molar-refractivity contribution in [1.82, 2.24) is 9.80 Å². The third-order valence-corrected chi connectivity index (χ3v) is 11.4. The van der Waals surface area contributed by atoms with Gasteiger partial charge < -0.3 is 35.6 Å². The molecule has 0 aliphatic carbocycles. The van der Waals surface area contributed by atoms with Crippen LogP contribution >= 0.6 is 0 Å². The zero-order valence-electron chi connectivity index (χ0n) is 36.7. The number of alkyl halides is 6. The lowest BCUT2D eigenvalue weighted by Gasteiger charge is -2.28. The molecule has 70 heavy (non-hydrogen) atoms. The van der Waals surface area contributed by atoms with Crippen LogP contribution in [0.15, 0.2) is 133 Å². The molecule has 0 aromatic heterocycles. The van der Waals surface area contributed by atoms with Crippen molar-refractivity contribution < 1.29 is 64.6 Å². The summed E-state index contributed by atoms with van der Waals surface area (Å²) in [5, 5.41) is 9.87. The second kappa shape index (κ2) is 19.1. The van der Waals surface area contributed by atoms with Crippen LogP contribution in [0.25, 0.3) is 22.3 Å². The Labute approximate surface area is 394 Å². The van der Waals surface area contributed by atoms with E-state index >= 15 is 0 Å². The van der Waals surface area contributed by atoms with E-state index in [0.717, 1.165) is 36.3 Å². The van der Waals surface area contributed by atoms with Gasteiger partial charge >= 0.3 is 36.4 Å². The molecule has 2 aliphatic heterocycles. The lowest BCUT2D eigenvalue weighted by molar-refractivity contribution is -0.179. The van der Waals surface area contributed by atoms with E-state index in [1.54, 1.807) is 84.9 Å². The lowest BCUT2D eigenvalue weighted by atomic mass is 10.0. The molecule has 0 spiro atoms. The number of hydrogen-bond acceptors (Lipinski definition) is 8. The molecule has 0 saturated carbocycles. The predicted octanol–water partition coefficient (Wildman–Crippen LogP) is 10.4. The molecule has 0 saturated heterocycles. The summed E-state index contributed by atoms with van der Waals surface area (Å²) in [5.41, 5.74) is 3.10. The molecule has 4 N–H and O–H groups in total. The molecule has 6 aromatic rings. The molecule has 8 rings (SSSR count). The SMILES string of the molecule is COC(=O)C(OC(=O)C(C)N1Cc2cc(-c3ccc(NC(=O)Nc4cccc(C(F)(F)F)c4)cc3)ccc2C1=O)N1Cc2cc(-c3ccc(NC(=O)Nc4cccc(C(F)(F)F)c4)cc3)ccc2C1=O. The Kier molecular flexibility index (Phi) is 13.1. The fourth-order valence-corrected chi connectivity index (χ4v) is 7.85. The first-order chi connectivity index (χ1) is 33.2. The number of carbonyl (C=O) groups excluding carboxylic acids is 6. The second-order valence-electron chi connectivity index (χ2n) is 16.1. The minimum atomic E-state index is -4.58. The average Bonchev–Trinajstić information content (AvgIpc) is 3.84. The summed E-state index contributed by atoms with van der Waals surface area (Å²) in [6.45, 7) is 1.27. The summed E-state index contributed by atoms with van der Waals surface area (Å²) in [5.74, 6) is -3.13. The van der Waals surface area contributed by atoms with Gasteiger partial charge in [0, 0.05) is 40.4 Å². The number of anilines is 4. The normalized spacial score (nSPS) is 14.0. The monoisotopic (exact) mass is 964 g/mol. The van der Waals surface area contributed by atoms with Crippen molar-refractivity contribution in [2.45, 2.75) is 44.6 Å². The number of methoxy groups -OCH3 is 1. The minimum absolute atomic E-state index is 0.00255. The smallest absolute Gasteiger partial charge is 0.416 e. The van der Waals surface area contributed by atoms with Crippen LogP contribution < -0.4 is 21.3 Å². The highest BCUT2D eigenvalue weighted by Crippen LogP contribution is 2.35. The van der Waals surface area contributed by atoms with Gasteiger partial charge in [0.05, 0.1) is 24.8 Å². The van der Waals surface area contributed by atoms with Gasteiger partial charge in [0.25, 0.3) is 18.0 Å². The van der Waals surface area contributed by atoms with E-state index in [4.69, 9.17) is 9.47 Å². The molecule has 6 amide bonds. The standard InChI is InChI=1S/C50H38F6N6O8/c1-27(61-25-32-21-30(13-19-40(32)42(61)63)28-9-15-36(16-10-28)57-47(67)59-38-7-3-5-34(23-38)49(51,52)53)45(65)70-44(46(66)69-2)62-26-33-22-31(14-20-41(33)43(62)64)29-11-17-37(18-12-29)58-48(68)60-39-8-4-6-35(24-39)50(54,55)56/h3-24,27,44H,25-26H2,1-2H3,(H2,57,59,67)(H2,58,60,68). The molecule has 14 nitrogen and oxygen atoms in total. The zero-order valence-corrected chi connectivity index (χ0v) is 36.7. The maximum atomic E-state index is 13.7. The fraction of sp³-hybridized carbons (Fsp3) is 0.160. The maximum Gasteiger partial charge on any atom is 0.416 e. The molecule has 2 aliphatic rings. The molecule has 358 valence electrons. The second-order valence-corrected chi connectivity index (χ2v) is 16.1. The number of carbonyl (C=O) groups is 6. The molecule has 0 fully saturated rings. The van der Waals surface area contributed by atoms with Gasteiger partial charge in [-0.1, -0.05) is 48.5 Å². The summed E-state index contributed by atoms with van der Waals surface area (Å²) < 4.78 is 89.1. The van der Waals surface area contributed by atoms with Crippen LogP contribution in [0.2, 0.25) is 0 Å². The van der Waals surface area contributed by atoms with Gasteiger partial charge in [-0.25, -0.2) is 19.2 Å². The van der Waals surface area contributed by atoms with E-state index < -0.39 is 71.6 Å². The van der Waals surface area contributed by atoms with Crippen molar-refractivity contribution in [3.63, 3.8) is 0 Å². The topological polar surface area (TPSA) is 175 Å². The number of urea groups is 2. The van der Waals surface area contributed by atoms with Crippen molar-refractivity contribution in [2.75, 3.05) is 28.4 Å². The fourth-order valence-electron chi connectivity index (χ4n) is 7.85. The van der Waals surface area contributed by atoms with E-state index in [1.165, 1.54) is 36.1 Å². The number of hydrogen-bond donors (Lipinski definition) is 4. The van der Waals surface area contributed by atoms with Crippen LogP contribution in [0.1, 0.15) is 49.9 Å². The largest absolute Gasteiger partial charge is 0.465 e. The Balaban J connectivity index is 0.876. The number of rotatable bonds is 11. The molecule has 6 aromatic carbocycles. The predicted molar refractivity (Wildman–Crippen MR) is 243 cm³/mol. The Bertz CT molecular complexity index is 3050. The van der Waals surface area contributed by atoms with Gasteiger partial charge in [-0.2, -0.15) is 26.3 Å². The van der Waals surface area contributed by atoms with E-state index in [-0.39, 0.29) is 30.0 Å². The first-order valence-corrected chi connectivity index (χ1v) is 21.1. The average molecular weight is 965 g/mol. The highest BCUT2D eigenvalue weighted by molar-refractivity contribution is 6.04. The molecule has 2 unspecified atom stereocenters. The molecular weight excluding hydrogens is 927 g/mol. The number of nitrogens with one attached hydrogen (secondary N) is 4. The Hall–Kier alpha value is -8.68. The lowest BCUT2D eigenvalue weighted by Crippen LogP contribution is -2.49. The summed E-state index contributed by atoms with van der Waals surface area (Å²) in [6.07, 6.45) is -11.0. The number of nitrogens with zero attached hydrogens (tertiary/aromatic N) is 2. The number of amides is 6. The first-order valence-electron chi connectivity index (χ1n) is 21.1. The van der Waals surface area contributed by atoms with Crippen molar-refractivity contribution in [3.05, 3.63) is 167 Å². The summed E-state index contributed by atoms with van der Waals surface area (Å²) in [4.78, 5) is 81.5. The van der Waals surface area contributed by atoms with Crippen LogP contribution in [0, 0.1) is 0 Å². The minimum Gasteiger partial charge on any atom is -0.465 e. The third-order valence-electron chi connectivity index (χ3n) is 11.4. The van der Waals surface area contributed by atoms with Gasteiger partial charge in [0.15, 0.2) is 0 Å². The van der Waals surface area contributed by atoms with Crippen LogP contribution in [0.3, 0.4) is 0 Å². The Morgan fingerprint density at radius 3 is 1.34 bits per heavy atom. The number of halogens is 6. The van der Waals surface area contributed by atoms with Crippen molar-refractivity contribution in [2.24, 2.45) is 0 Å². The number of benzene rings is 6. The Morgan fingerprint density at radius 1 is 0.514 bits per heavy atom. The van der Waals surface area contributed by atoms with Gasteiger partial charge in [-0.15, -0.1) is 0 Å². The summed E-state index contributed by atoms with van der Waals surface area (Å²) in [6, 6.07) is 28.7. The van der Waals surface area contributed by atoms with Gasteiger partial charge in [-0.05, 0) is 125 Å². The summed E-state index contributed by atoms with van der Waals surface area (Å²) >= 11 is 0. The molecular formula is C50H38F6N6O8. The molecule has 0 radical (unpaired) electrons. The van der Waals surface area contributed by atoms with Crippen LogP contribution in [0.5, 0.6) is 0 Å². The van der Waals surface area contributed by atoms with E-state index in [1.807, 2.05) is 0 Å². The van der Waals surface area contributed by atoms with Crippen molar-refractivity contribution >= 4 is 58.6 Å². The third kappa shape index (κ3) is 10.4. The van der Waals surface area contributed by atoms with Crippen molar-refractivity contribution in [1.29, 1.82) is 0 Å². The van der Waals surface area contributed by atoms with Crippen LogP contribution in [0.4, 0.5) is 58.7 Å². The Morgan fingerprint density at radius 2 is 0.914 bits per heavy atom. The van der Waals surface area contributed by atoms with Crippen molar-refractivity contribution in [3.8, 4) is 22.3 Å². The quantitative estimate of drug-likeness (QED) is 0.0733. The highest BCUT2D eigenvalue weighted by Gasteiger charge is 2.43. The highest BCUT2D eigenvalue weighted by atomic mass is 19.4. The van der Waals surface area contributed by atoms with E-state index in [0.29, 0.717) is 50.3 Å². The molecule has 2 atom stereocenters. The molecule has 0 bridgehead atoms. The number of esters is 2. The number of ether oxygens (including phenoxy) is 2. The van der Waals surface area contributed by atoms with Crippen LogP contribution in [-0.2, 0) is 44.5 Å². The molecule has 2 heterocycles. The van der Waals surface area contributed by atoms with Gasteiger partial charge in [-0.3, -0.25) is 14.5 Å². The van der Waals surface area contributed by atoms with Gasteiger partial charge in [0.1, 0.15) is 6.04 Å². The summed E-state index contributed by atoms with van der Waals surface area (Å²) in [7, 11) is 1.07.